The van der Waals surface area contributed by atoms with Crippen LogP contribution in [0, 0.1) is 5.82 Å². The Labute approximate surface area is 129 Å². The normalized spacial score (nSPS) is 12.2. The quantitative estimate of drug-likeness (QED) is 0.649. The molecule has 0 fully saturated rings. The molecule has 19 heavy (non-hydrogen) atoms. The van der Waals surface area contributed by atoms with Gasteiger partial charge in [0.2, 0.25) is 0 Å². The summed E-state index contributed by atoms with van der Waals surface area (Å²) in [7, 11) is 1.55. The maximum atomic E-state index is 13.5. The minimum Gasteiger partial charge on any atom is -0.496 e. The molecule has 0 amide bonds. The highest BCUT2D eigenvalue weighted by Gasteiger charge is 2.16. The van der Waals surface area contributed by atoms with Crippen LogP contribution in [-0.2, 0) is 6.42 Å². The van der Waals surface area contributed by atoms with Crippen LogP contribution in [0.3, 0.4) is 0 Å². The van der Waals surface area contributed by atoms with Gasteiger partial charge in [-0.25, -0.2) is 4.39 Å². The van der Waals surface area contributed by atoms with Crippen molar-refractivity contribution in [3.05, 3.63) is 63.9 Å². The molecule has 2 rings (SSSR count). The van der Waals surface area contributed by atoms with Crippen LogP contribution < -0.4 is 4.74 Å². The maximum absolute atomic E-state index is 13.5. The van der Waals surface area contributed by atoms with Crippen LogP contribution in [0.2, 0.25) is 0 Å². The zero-order valence-corrected chi connectivity index (χ0v) is 13.5. The number of hydrogen-bond donors (Lipinski definition) is 0. The third-order valence-corrected chi connectivity index (χ3v) is 4.29. The largest absolute Gasteiger partial charge is 0.496 e. The highest BCUT2D eigenvalue weighted by molar-refractivity contribution is 9.10. The summed E-state index contributed by atoms with van der Waals surface area (Å²) in [5.41, 5.74) is 2.14. The Bertz CT molecular complexity index is 558. The molecule has 0 radical (unpaired) electrons. The summed E-state index contributed by atoms with van der Waals surface area (Å²) in [6, 6.07) is 13.3. The fraction of sp³-hybridized carbons (Fsp3) is 0.200. The number of halogens is 3. The van der Waals surface area contributed by atoms with E-state index >= 15 is 0 Å². The van der Waals surface area contributed by atoms with E-state index < -0.39 is 0 Å². The fourth-order valence-corrected chi connectivity index (χ4v) is 2.99. The third kappa shape index (κ3) is 3.57. The van der Waals surface area contributed by atoms with Gasteiger partial charge in [0.15, 0.2) is 0 Å². The summed E-state index contributed by atoms with van der Waals surface area (Å²) < 4.78 is 19.2. The van der Waals surface area contributed by atoms with Gasteiger partial charge in [-0.3, -0.25) is 0 Å². The SMILES string of the molecule is COc1cc(F)c(Br)cc1C(Br)Cc1ccccc1. The van der Waals surface area contributed by atoms with Crippen LogP contribution >= 0.6 is 31.9 Å². The van der Waals surface area contributed by atoms with Crippen molar-refractivity contribution in [1.82, 2.24) is 0 Å². The molecule has 4 heteroatoms. The fourth-order valence-electron chi connectivity index (χ4n) is 1.90. The Kier molecular flexibility index (Phi) is 4.99. The molecule has 0 spiro atoms. The molecule has 0 saturated carbocycles. The molecule has 100 valence electrons. The van der Waals surface area contributed by atoms with Gasteiger partial charge < -0.3 is 4.74 Å². The molecule has 1 atom stereocenters. The molecule has 1 nitrogen and oxygen atoms in total. The summed E-state index contributed by atoms with van der Waals surface area (Å²) in [5.74, 6) is 0.235. The van der Waals surface area contributed by atoms with Crippen molar-refractivity contribution >= 4 is 31.9 Å². The maximum Gasteiger partial charge on any atom is 0.141 e. The molecular formula is C15H13Br2FO. The van der Waals surface area contributed by atoms with Crippen LogP contribution in [0.15, 0.2) is 46.9 Å². The first-order chi connectivity index (χ1) is 9.11. The van der Waals surface area contributed by atoms with Crippen LogP contribution in [-0.4, -0.2) is 7.11 Å². The standard InChI is InChI=1S/C15H13Br2FO/c1-19-15-9-14(18)13(17)8-11(15)12(16)7-10-5-3-2-4-6-10/h2-6,8-9,12H,7H2,1H3. The molecule has 0 aliphatic heterocycles. The lowest BCUT2D eigenvalue weighted by atomic mass is 10.0. The summed E-state index contributed by atoms with van der Waals surface area (Å²) >= 11 is 6.86. The average Bonchev–Trinajstić information content (AvgIpc) is 2.42. The first-order valence-electron chi connectivity index (χ1n) is 5.82. The first-order valence-corrected chi connectivity index (χ1v) is 7.53. The molecule has 2 aromatic rings. The van der Waals surface area contributed by atoms with Crippen LogP contribution in [0.4, 0.5) is 4.39 Å². The second-order valence-electron chi connectivity index (χ2n) is 4.17. The van der Waals surface area contributed by atoms with Gasteiger partial charge in [0.1, 0.15) is 11.6 Å². The number of ether oxygens (including phenoxy) is 1. The minimum atomic E-state index is -0.319. The molecule has 0 saturated heterocycles. The number of rotatable bonds is 4. The Morgan fingerprint density at radius 3 is 2.53 bits per heavy atom. The van der Waals surface area contributed by atoms with Crippen molar-refractivity contribution in [3.63, 3.8) is 0 Å². The summed E-state index contributed by atoms with van der Waals surface area (Å²) in [4.78, 5) is 0.0711. The molecule has 0 aromatic heterocycles. The van der Waals surface area contributed by atoms with E-state index in [0.717, 1.165) is 12.0 Å². The topological polar surface area (TPSA) is 9.23 Å². The van der Waals surface area contributed by atoms with E-state index in [-0.39, 0.29) is 10.6 Å². The number of methoxy groups -OCH3 is 1. The number of benzene rings is 2. The highest BCUT2D eigenvalue weighted by atomic mass is 79.9. The van der Waals surface area contributed by atoms with E-state index in [1.807, 2.05) is 18.2 Å². The lowest BCUT2D eigenvalue weighted by Gasteiger charge is -2.15. The van der Waals surface area contributed by atoms with Crippen molar-refractivity contribution in [2.24, 2.45) is 0 Å². The van der Waals surface area contributed by atoms with Gasteiger partial charge in [0.25, 0.3) is 0 Å². The second-order valence-corrected chi connectivity index (χ2v) is 6.13. The molecule has 0 aliphatic carbocycles. The van der Waals surface area contributed by atoms with Crippen LogP contribution in [0.1, 0.15) is 16.0 Å². The van der Waals surface area contributed by atoms with Crippen molar-refractivity contribution < 1.29 is 9.13 Å². The summed E-state index contributed by atoms with van der Waals surface area (Å²) in [5, 5.41) is 0. The Morgan fingerprint density at radius 1 is 1.21 bits per heavy atom. The van der Waals surface area contributed by atoms with Gasteiger partial charge in [-0.15, -0.1) is 0 Å². The molecular weight excluding hydrogens is 375 g/mol. The summed E-state index contributed by atoms with van der Waals surface area (Å²) in [6.07, 6.45) is 0.815. The van der Waals surface area contributed by atoms with Crippen molar-refractivity contribution in [1.29, 1.82) is 0 Å². The van der Waals surface area contributed by atoms with Gasteiger partial charge in [-0.1, -0.05) is 46.3 Å². The molecule has 1 unspecified atom stereocenters. The molecule has 0 heterocycles. The second kappa shape index (κ2) is 6.53. The molecule has 2 aromatic carbocycles. The lowest BCUT2D eigenvalue weighted by molar-refractivity contribution is 0.405. The van der Waals surface area contributed by atoms with Crippen molar-refractivity contribution in [2.45, 2.75) is 11.2 Å². The number of alkyl halides is 1. The lowest BCUT2D eigenvalue weighted by Crippen LogP contribution is -2.00. The van der Waals surface area contributed by atoms with Crippen LogP contribution in [0.25, 0.3) is 0 Å². The van der Waals surface area contributed by atoms with E-state index in [4.69, 9.17) is 4.74 Å². The van der Waals surface area contributed by atoms with E-state index in [2.05, 4.69) is 44.0 Å². The Balaban J connectivity index is 2.28. The zero-order chi connectivity index (χ0) is 13.8. The molecule has 0 N–H and O–H groups in total. The van der Waals surface area contributed by atoms with Gasteiger partial charge in [0, 0.05) is 16.5 Å². The predicted octanol–water partition coefficient (Wildman–Crippen LogP) is 5.28. The van der Waals surface area contributed by atoms with Gasteiger partial charge in [-0.05, 0) is 34.0 Å². The summed E-state index contributed by atoms with van der Waals surface area (Å²) in [6.45, 7) is 0. The van der Waals surface area contributed by atoms with Gasteiger partial charge in [0.05, 0.1) is 11.6 Å². The number of hydrogen-bond acceptors (Lipinski definition) is 1. The van der Waals surface area contributed by atoms with Crippen molar-refractivity contribution in [2.75, 3.05) is 7.11 Å². The van der Waals surface area contributed by atoms with E-state index in [0.29, 0.717) is 10.2 Å². The predicted molar refractivity (Wildman–Crippen MR) is 82.5 cm³/mol. The molecule has 0 aliphatic rings. The highest BCUT2D eigenvalue weighted by Crippen LogP contribution is 2.36. The average molecular weight is 388 g/mol. The van der Waals surface area contributed by atoms with Gasteiger partial charge >= 0.3 is 0 Å². The van der Waals surface area contributed by atoms with E-state index in [1.165, 1.54) is 11.6 Å². The third-order valence-electron chi connectivity index (χ3n) is 2.87. The van der Waals surface area contributed by atoms with Crippen molar-refractivity contribution in [3.8, 4) is 5.75 Å². The minimum absolute atomic E-state index is 0.0711. The van der Waals surface area contributed by atoms with E-state index in [9.17, 15) is 4.39 Å². The Hall–Kier alpha value is -0.870. The Morgan fingerprint density at radius 2 is 1.89 bits per heavy atom. The van der Waals surface area contributed by atoms with E-state index in [1.54, 1.807) is 13.2 Å². The first kappa shape index (κ1) is 14.5. The zero-order valence-electron chi connectivity index (χ0n) is 10.4. The van der Waals surface area contributed by atoms with Gasteiger partial charge in [-0.2, -0.15) is 0 Å². The molecule has 0 bridgehead atoms. The smallest absolute Gasteiger partial charge is 0.141 e. The van der Waals surface area contributed by atoms with Crippen LogP contribution in [0.5, 0.6) is 5.75 Å². The monoisotopic (exact) mass is 386 g/mol.